The van der Waals surface area contributed by atoms with Crippen LogP contribution in [0.25, 0.3) is 0 Å². The molecule has 7 nitrogen and oxygen atoms in total. The van der Waals surface area contributed by atoms with Gasteiger partial charge in [0.15, 0.2) is 6.10 Å². The summed E-state index contributed by atoms with van der Waals surface area (Å²) in [6, 6.07) is 4.43. The number of fused-ring (bicyclic) bond motifs is 1. The third kappa shape index (κ3) is 3.49. The summed E-state index contributed by atoms with van der Waals surface area (Å²) in [6.07, 6.45) is -0.588. The Morgan fingerprint density at radius 2 is 2.19 bits per heavy atom. The fourth-order valence-electron chi connectivity index (χ4n) is 2.21. The van der Waals surface area contributed by atoms with Crippen molar-refractivity contribution >= 4 is 11.6 Å². The third-order valence-corrected chi connectivity index (χ3v) is 3.40. The molecule has 21 heavy (non-hydrogen) atoms. The molecule has 1 aliphatic heterocycles. The Bertz CT molecular complexity index is 559. The Hall–Kier alpha value is -2.15. The van der Waals surface area contributed by atoms with Crippen LogP contribution in [0.2, 0.25) is 0 Å². The van der Waals surface area contributed by atoms with Crippen LogP contribution in [0.1, 0.15) is 12.5 Å². The van der Waals surface area contributed by atoms with E-state index in [1.165, 1.54) is 12.1 Å². The van der Waals surface area contributed by atoms with Crippen molar-refractivity contribution in [1.29, 1.82) is 0 Å². The monoisotopic (exact) mass is 293 g/mol. The number of ether oxygens (including phenoxy) is 1. The topological polar surface area (TPSA) is 75.9 Å². The number of carbonyl (C=O) groups is 1. The second kappa shape index (κ2) is 6.09. The highest BCUT2D eigenvalue weighted by Gasteiger charge is 2.28. The van der Waals surface area contributed by atoms with Crippen LogP contribution >= 0.6 is 0 Å². The average Bonchev–Trinajstić information content (AvgIpc) is 2.54. The van der Waals surface area contributed by atoms with Crippen molar-refractivity contribution in [2.24, 2.45) is 0 Å². The van der Waals surface area contributed by atoms with E-state index in [1.54, 1.807) is 17.9 Å². The van der Waals surface area contributed by atoms with Crippen LogP contribution in [0.4, 0.5) is 5.69 Å². The summed E-state index contributed by atoms with van der Waals surface area (Å²) in [5.74, 6) is 0.435. The van der Waals surface area contributed by atoms with Gasteiger partial charge in [-0.25, -0.2) is 0 Å². The Kier molecular flexibility index (Phi) is 4.42. The number of benzene rings is 1. The number of non-ortho nitro benzene ring substituents is 1. The van der Waals surface area contributed by atoms with Crippen molar-refractivity contribution in [3.8, 4) is 5.75 Å². The summed E-state index contributed by atoms with van der Waals surface area (Å²) in [5, 5.41) is 10.9. The normalized spacial score (nSPS) is 18.2. The van der Waals surface area contributed by atoms with Gasteiger partial charge in [0.25, 0.3) is 11.6 Å². The minimum Gasteiger partial charge on any atom is -0.481 e. The SMILES string of the molecule is CC1Oc2ccc([N+](=O)[O-])cc2CN(CCN(C)C)C1=O. The molecule has 0 fully saturated rings. The van der Waals surface area contributed by atoms with E-state index >= 15 is 0 Å². The number of rotatable bonds is 4. The molecule has 0 saturated carbocycles. The van der Waals surface area contributed by atoms with Gasteiger partial charge in [0.2, 0.25) is 0 Å². The first kappa shape index (κ1) is 15.2. The molecule has 0 bridgehead atoms. The molecular formula is C14H19N3O4. The Balaban J connectivity index is 2.29. The molecule has 1 unspecified atom stereocenters. The summed E-state index contributed by atoms with van der Waals surface area (Å²) in [7, 11) is 3.86. The average molecular weight is 293 g/mol. The second-order valence-electron chi connectivity index (χ2n) is 5.37. The van der Waals surface area contributed by atoms with E-state index in [0.29, 0.717) is 24.4 Å². The van der Waals surface area contributed by atoms with Crippen molar-refractivity contribution < 1.29 is 14.5 Å². The lowest BCUT2D eigenvalue weighted by molar-refractivity contribution is -0.384. The van der Waals surface area contributed by atoms with E-state index in [0.717, 1.165) is 6.54 Å². The van der Waals surface area contributed by atoms with Crippen molar-refractivity contribution in [1.82, 2.24) is 9.80 Å². The molecule has 1 aromatic carbocycles. The van der Waals surface area contributed by atoms with E-state index in [9.17, 15) is 14.9 Å². The minimum absolute atomic E-state index is 0.00640. The number of hydrogen-bond acceptors (Lipinski definition) is 5. The lowest BCUT2D eigenvalue weighted by Gasteiger charge is -2.23. The van der Waals surface area contributed by atoms with Crippen molar-refractivity contribution in [2.45, 2.75) is 19.6 Å². The standard InChI is InChI=1S/C14H19N3O4/c1-10-14(18)16(7-6-15(2)3)9-11-8-12(17(19)20)4-5-13(11)21-10/h4-5,8,10H,6-7,9H2,1-3H3. The number of amides is 1. The van der Waals surface area contributed by atoms with Gasteiger partial charge in [-0.3, -0.25) is 14.9 Å². The second-order valence-corrected chi connectivity index (χ2v) is 5.37. The molecule has 114 valence electrons. The molecule has 1 heterocycles. The lowest BCUT2D eigenvalue weighted by Crippen LogP contribution is -2.41. The van der Waals surface area contributed by atoms with Crippen LogP contribution in [0.5, 0.6) is 5.75 Å². The van der Waals surface area contributed by atoms with Crippen molar-refractivity contribution in [2.75, 3.05) is 27.2 Å². The number of carbonyl (C=O) groups excluding carboxylic acids is 1. The molecule has 0 N–H and O–H groups in total. The highest BCUT2D eigenvalue weighted by atomic mass is 16.6. The molecule has 1 aromatic rings. The number of nitro benzene ring substituents is 1. The molecule has 2 rings (SSSR count). The largest absolute Gasteiger partial charge is 0.481 e. The van der Waals surface area contributed by atoms with E-state index in [-0.39, 0.29) is 11.6 Å². The maximum atomic E-state index is 12.3. The molecule has 0 spiro atoms. The third-order valence-electron chi connectivity index (χ3n) is 3.40. The Labute approximate surface area is 123 Å². The van der Waals surface area contributed by atoms with E-state index < -0.39 is 11.0 Å². The van der Waals surface area contributed by atoms with E-state index in [2.05, 4.69) is 0 Å². The molecule has 0 aromatic heterocycles. The lowest BCUT2D eigenvalue weighted by atomic mass is 10.1. The number of nitro groups is 1. The van der Waals surface area contributed by atoms with Crippen molar-refractivity contribution in [3.63, 3.8) is 0 Å². The molecule has 7 heteroatoms. The predicted octanol–water partition coefficient (Wildman–Crippen LogP) is 1.27. The van der Waals surface area contributed by atoms with Gasteiger partial charge < -0.3 is 14.5 Å². The first-order valence-corrected chi connectivity index (χ1v) is 6.76. The molecule has 1 aliphatic rings. The van der Waals surface area contributed by atoms with Crippen LogP contribution in [-0.4, -0.2) is 53.9 Å². The van der Waals surface area contributed by atoms with Crippen LogP contribution in [0.15, 0.2) is 18.2 Å². The predicted molar refractivity (Wildman–Crippen MR) is 77.2 cm³/mol. The van der Waals surface area contributed by atoms with Gasteiger partial charge in [0.1, 0.15) is 5.75 Å². The first-order chi connectivity index (χ1) is 9.88. The molecule has 1 atom stereocenters. The highest BCUT2D eigenvalue weighted by molar-refractivity contribution is 5.81. The number of likely N-dealkylation sites (N-methyl/N-ethyl adjacent to an activating group) is 1. The van der Waals surface area contributed by atoms with Gasteiger partial charge in [0.05, 0.1) is 4.92 Å². The van der Waals surface area contributed by atoms with Gasteiger partial charge in [-0.05, 0) is 27.1 Å². The first-order valence-electron chi connectivity index (χ1n) is 6.76. The van der Waals surface area contributed by atoms with Gasteiger partial charge >= 0.3 is 0 Å². The zero-order valence-corrected chi connectivity index (χ0v) is 12.4. The zero-order chi connectivity index (χ0) is 15.6. The highest BCUT2D eigenvalue weighted by Crippen LogP contribution is 2.29. The smallest absolute Gasteiger partial charge is 0.270 e. The molecule has 0 saturated heterocycles. The molecule has 0 radical (unpaired) electrons. The van der Waals surface area contributed by atoms with Gasteiger partial charge in [0, 0.05) is 37.3 Å². The van der Waals surface area contributed by atoms with Crippen LogP contribution in [0.3, 0.4) is 0 Å². The fraction of sp³-hybridized carbons (Fsp3) is 0.500. The van der Waals surface area contributed by atoms with E-state index in [4.69, 9.17) is 4.74 Å². The zero-order valence-electron chi connectivity index (χ0n) is 12.4. The van der Waals surface area contributed by atoms with E-state index in [1.807, 2.05) is 19.0 Å². The summed E-state index contributed by atoms with van der Waals surface area (Å²) < 4.78 is 5.61. The Morgan fingerprint density at radius 1 is 1.48 bits per heavy atom. The summed E-state index contributed by atoms with van der Waals surface area (Å²) in [4.78, 5) is 26.4. The van der Waals surface area contributed by atoms with Gasteiger partial charge in [-0.2, -0.15) is 0 Å². The molecular weight excluding hydrogens is 274 g/mol. The van der Waals surface area contributed by atoms with Gasteiger partial charge in [-0.1, -0.05) is 0 Å². The quantitative estimate of drug-likeness (QED) is 0.617. The summed E-state index contributed by atoms with van der Waals surface area (Å²) >= 11 is 0. The summed E-state index contributed by atoms with van der Waals surface area (Å²) in [5.41, 5.74) is 0.674. The van der Waals surface area contributed by atoms with Crippen LogP contribution in [-0.2, 0) is 11.3 Å². The maximum absolute atomic E-state index is 12.3. The Morgan fingerprint density at radius 3 is 2.81 bits per heavy atom. The summed E-state index contributed by atoms with van der Waals surface area (Å²) in [6.45, 7) is 3.31. The maximum Gasteiger partial charge on any atom is 0.270 e. The fourth-order valence-corrected chi connectivity index (χ4v) is 2.21. The minimum atomic E-state index is -0.588. The molecule has 1 amide bonds. The van der Waals surface area contributed by atoms with Gasteiger partial charge in [-0.15, -0.1) is 0 Å². The number of nitrogens with zero attached hydrogens (tertiary/aromatic N) is 3. The van der Waals surface area contributed by atoms with Crippen LogP contribution in [0, 0.1) is 10.1 Å². The van der Waals surface area contributed by atoms with Crippen LogP contribution < -0.4 is 4.74 Å². The number of hydrogen-bond donors (Lipinski definition) is 0. The van der Waals surface area contributed by atoms with Crippen molar-refractivity contribution in [3.05, 3.63) is 33.9 Å². The molecule has 0 aliphatic carbocycles.